The molecule has 0 unspecified atom stereocenters. The van der Waals surface area contributed by atoms with Gasteiger partial charge in [0.2, 0.25) is 0 Å². The normalized spacial score (nSPS) is 31.1. The van der Waals surface area contributed by atoms with Crippen molar-refractivity contribution in [3.63, 3.8) is 0 Å². The molecule has 9 atom stereocenters. The molecule has 296 valence electrons. The Morgan fingerprint density at radius 2 is 1.49 bits per heavy atom. The van der Waals surface area contributed by atoms with Crippen LogP contribution in [0.2, 0.25) is 0 Å². The van der Waals surface area contributed by atoms with E-state index in [2.05, 4.69) is 11.6 Å². The molecule has 0 amide bonds. The van der Waals surface area contributed by atoms with Gasteiger partial charge in [0.15, 0.2) is 24.1 Å². The molecule has 0 saturated heterocycles. The van der Waals surface area contributed by atoms with Crippen LogP contribution in [0.5, 0.6) is 0 Å². The zero-order valence-corrected chi connectivity index (χ0v) is 32.2. The van der Waals surface area contributed by atoms with Crippen LogP contribution < -0.4 is 0 Å². The van der Waals surface area contributed by atoms with Gasteiger partial charge < -0.3 is 33.9 Å². The fourth-order valence-electron chi connectivity index (χ4n) is 7.09. The first kappa shape index (κ1) is 42.5. The van der Waals surface area contributed by atoms with Gasteiger partial charge in [-0.1, -0.05) is 71.5 Å². The standard InChI is InChI=1S/C41H49NO13/c1-22(2)36(47)54-31-24(4)30(53-37(48)27-14-11-10-12-15-27)29-34(46)40(9,55-38(49)28-16-13-19-42-20-28)21-41(29,50)33(45)23(3)17-18-39(7,8)35(52-26(6)44)32(31)51-25(5)43/h10-20,22-23,29-32,34-35,46,50H,4,21H2,1-3,5-9H3/b18-17+/t23-,29-,30-,31-,32+,34+,35+,40+,41+/m0/s1. The molecule has 1 aromatic carbocycles. The van der Waals surface area contributed by atoms with E-state index in [1.807, 2.05) is 0 Å². The number of nitrogens with zero attached hydrogens (tertiary/aromatic N) is 1. The van der Waals surface area contributed by atoms with E-state index in [0.717, 1.165) is 13.8 Å². The summed E-state index contributed by atoms with van der Waals surface area (Å²) >= 11 is 0. The van der Waals surface area contributed by atoms with Crippen LogP contribution in [0.3, 0.4) is 0 Å². The van der Waals surface area contributed by atoms with E-state index >= 15 is 0 Å². The molecule has 14 nitrogen and oxygen atoms in total. The highest BCUT2D eigenvalue weighted by Crippen LogP contribution is 2.51. The highest BCUT2D eigenvalue weighted by molar-refractivity contribution is 5.93. The summed E-state index contributed by atoms with van der Waals surface area (Å²) in [6.07, 6.45) is -3.78. The van der Waals surface area contributed by atoms with Crippen LogP contribution in [-0.4, -0.2) is 92.5 Å². The Morgan fingerprint density at radius 3 is 2.05 bits per heavy atom. The lowest BCUT2D eigenvalue weighted by Gasteiger charge is -2.43. The minimum absolute atomic E-state index is 0.0107. The van der Waals surface area contributed by atoms with Crippen molar-refractivity contribution in [3.05, 3.63) is 90.3 Å². The summed E-state index contributed by atoms with van der Waals surface area (Å²) in [5.74, 6) is -9.02. The molecule has 2 aromatic rings. The molecule has 0 radical (unpaired) electrons. The average molecular weight is 764 g/mol. The topological polar surface area (TPSA) is 202 Å². The molecule has 0 aliphatic heterocycles. The Kier molecular flexibility index (Phi) is 12.9. The zero-order valence-electron chi connectivity index (χ0n) is 32.2. The number of Topliss-reactive ketones (excluding diaryl/α,β-unsaturated/α-hetero) is 1. The lowest BCUT2D eigenvalue weighted by Crippen LogP contribution is -2.58. The van der Waals surface area contributed by atoms with Crippen LogP contribution in [0, 0.1) is 23.2 Å². The number of hydrogen-bond donors (Lipinski definition) is 2. The van der Waals surface area contributed by atoms with Crippen molar-refractivity contribution in [2.24, 2.45) is 23.2 Å². The fourth-order valence-corrected chi connectivity index (χ4v) is 7.09. The van der Waals surface area contributed by atoms with Gasteiger partial charge >= 0.3 is 29.8 Å². The lowest BCUT2D eigenvalue weighted by atomic mass is 9.72. The summed E-state index contributed by atoms with van der Waals surface area (Å²) < 4.78 is 29.5. The van der Waals surface area contributed by atoms with E-state index in [1.54, 1.807) is 32.0 Å². The highest BCUT2D eigenvalue weighted by atomic mass is 16.6. The highest BCUT2D eigenvalue weighted by Gasteiger charge is 2.68. The Bertz CT molecular complexity index is 1820. The van der Waals surface area contributed by atoms with Crippen LogP contribution in [0.25, 0.3) is 0 Å². The number of aromatic nitrogens is 1. The van der Waals surface area contributed by atoms with Gasteiger partial charge in [0.05, 0.1) is 23.0 Å². The Hall–Kier alpha value is -5.21. The molecule has 1 aromatic heterocycles. The SMILES string of the molecule is C=C1[C@H](OC(=O)C(C)C)[C@@H](OC(C)=O)[C@@H](OC(C)=O)C(C)(C)/C=C/[C@H](C)C(=O)[C@@]2(O)C[C@@](C)(OC(=O)c3cccnc3)[C@H](O)[C@@H]2[C@H]1OC(=O)c1ccccc1. The monoisotopic (exact) mass is 763 g/mol. The summed E-state index contributed by atoms with van der Waals surface area (Å²) in [6, 6.07) is 10.6. The second-order valence-electron chi connectivity index (χ2n) is 15.2. The second-order valence-corrected chi connectivity index (χ2v) is 15.2. The van der Waals surface area contributed by atoms with E-state index in [9.17, 15) is 39.0 Å². The van der Waals surface area contributed by atoms with Crippen molar-refractivity contribution < 1.29 is 62.7 Å². The van der Waals surface area contributed by atoms with Crippen LogP contribution >= 0.6 is 0 Å². The molecule has 2 aliphatic rings. The lowest BCUT2D eigenvalue weighted by molar-refractivity contribution is -0.191. The van der Waals surface area contributed by atoms with E-state index in [0.29, 0.717) is 0 Å². The minimum Gasteiger partial charge on any atom is -0.458 e. The molecule has 0 bridgehead atoms. The van der Waals surface area contributed by atoms with Crippen LogP contribution in [-0.2, 0) is 42.9 Å². The molecule has 2 aliphatic carbocycles. The predicted octanol–water partition coefficient (Wildman–Crippen LogP) is 4.12. The van der Waals surface area contributed by atoms with Gasteiger partial charge in [-0.25, -0.2) is 9.59 Å². The van der Waals surface area contributed by atoms with Gasteiger partial charge in [-0.05, 0) is 31.2 Å². The first-order valence-electron chi connectivity index (χ1n) is 17.9. The summed E-state index contributed by atoms with van der Waals surface area (Å²) in [6.45, 7) is 15.5. The third-order valence-electron chi connectivity index (χ3n) is 9.96. The molecule has 55 heavy (non-hydrogen) atoms. The molecule has 2 N–H and O–H groups in total. The van der Waals surface area contributed by atoms with Crippen LogP contribution in [0.4, 0.5) is 0 Å². The first-order chi connectivity index (χ1) is 25.6. The first-order valence-corrected chi connectivity index (χ1v) is 17.9. The average Bonchev–Trinajstić information content (AvgIpc) is 3.33. The number of benzene rings is 1. The molecular weight excluding hydrogens is 714 g/mol. The molecule has 1 heterocycles. The largest absolute Gasteiger partial charge is 0.458 e. The number of allylic oxidation sites excluding steroid dienone is 1. The molecular formula is C41H49NO13. The molecule has 1 saturated carbocycles. The number of pyridine rings is 1. The number of carbonyl (C=O) groups is 6. The van der Waals surface area contributed by atoms with E-state index in [4.69, 9.17) is 23.7 Å². The molecule has 14 heteroatoms. The number of hydrogen-bond acceptors (Lipinski definition) is 14. The van der Waals surface area contributed by atoms with Gasteiger partial charge in [-0.3, -0.25) is 24.2 Å². The van der Waals surface area contributed by atoms with Gasteiger partial charge in [0.1, 0.15) is 23.4 Å². The number of aliphatic hydroxyl groups is 2. The van der Waals surface area contributed by atoms with Crippen molar-refractivity contribution in [1.29, 1.82) is 0 Å². The second kappa shape index (κ2) is 16.7. The maximum Gasteiger partial charge on any atom is 0.340 e. The summed E-state index contributed by atoms with van der Waals surface area (Å²) in [4.78, 5) is 84.8. The van der Waals surface area contributed by atoms with Crippen molar-refractivity contribution in [2.75, 3.05) is 0 Å². The quantitative estimate of drug-likeness (QED) is 0.221. The molecule has 1 fully saturated rings. The van der Waals surface area contributed by atoms with Crippen molar-refractivity contribution in [2.45, 2.75) is 104 Å². The van der Waals surface area contributed by atoms with Gasteiger partial charge in [0, 0.05) is 49.6 Å². The van der Waals surface area contributed by atoms with Gasteiger partial charge in [-0.2, -0.15) is 0 Å². The number of rotatable bonds is 8. The van der Waals surface area contributed by atoms with Crippen molar-refractivity contribution in [1.82, 2.24) is 4.98 Å². The zero-order chi connectivity index (χ0) is 41.0. The summed E-state index contributed by atoms with van der Waals surface area (Å²) in [7, 11) is 0. The van der Waals surface area contributed by atoms with E-state index in [-0.39, 0.29) is 16.7 Å². The summed E-state index contributed by atoms with van der Waals surface area (Å²) in [5, 5.41) is 25.0. The van der Waals surface area contributed by atoms with E-state index in [1.165, 1.54) is 76.5 Å². The molecule has 0 spiro atoms. The Balaban J connectivity index is 2.05. The van der Waals surface area contributed by atoms with Crippen LogP contribution in [0.15, 0.2) is 79.2 Å². The Morgan fingerprint density at radius 1 is 0.873 bits per heavy atom. The van der Waals surface area contributed by atoms with Crippen molar-refractivity contribution in [3.8, 4) is 0 Å². The number of ketones is 1. The minimum atomic E-state index is -2.61. The number of carbonyl (C=O) groups excluding carboxylic acids is 6. The number of fused-ring (bicyclic) bond motifs is 1. The maximum atomic E-state index is 14.6. The Labute approximate surface area is 319 Å². The maximum absolute atomic E-state index is 14.6. The van der Waals surface area contributed by atoms with Gasteiger partial charge in [0.25, 0.3) is 0 Å². The van der Waals surface area contributed by atoms with E-state index < -0.39 is 107 Å². The predicted molar refractivity (Wildman–Crippen MR) is 195 cm³/mol. The van der Waals surface area contributed by atoms with Gasteiger partial charge in [-0.15, -0.1) is 0 Å². The van der Waals surface area contributed by atoms with Crippen LogP contribution in [0.1, 0.15) is 82.5 Å². The number of ether oxygens (including phenoxy) is 5. The number of esters is 5. The third-order valence-corrected chi connectivity index (χ3v) is 9.96. The smallest absolute Gasteiger partial charge is 0.340 e. The number of aliphatic hydroxyl groups excluding tert-OH is 1. The van der Waals surface area contributed by atoms with Crippen molar-refractivity contribution >= 4 is 35.6 Å². The third kappa shape index (κ3) is 9.19. The molecule has 4 rings (SSSR count). The summed E-state index contributed by atoms with van der Waals surface area (Å²) in [5.41, 5.74) is -6.22. The fraction of sp³-hybridized carbons (Fsp3) is 0.488.